The number of aromatic nitrogens is 3. The molecule has 31 heavy (non-hydrogen) atoms. The molecule has 0 amide bonds. The van der Waals surface area contributed by atoms with E-state index in [0.717, 1.165) is 59.9 Å². The first-order chi connectivity index (χ1) is 15.0. The number of nitrogens with one attached hydrogen (secondary N) is 2. The highest BCUT2D eigenvalue weighted by atomic mass is 32.1. The van der Waals surface area contributed by atoms with E-state index in [4.69, 9.17) is 27.4 Å². The first kappa shape index (κ1) is 22.8. The summed E-state index contributed by atoms with van der Waals surface area (Å²) >= 11 is 5.38. The lowest BCUT2D eigenvalue weighted by Gasteiger charge is -2.12. The summed E-state index contributed by atoms with van der Waals surface area (Å²) in [7, 11) is 1.65. The number of aryl methyl sites for hydroxylation is 2. The molecule has 0 aliphatic heterocycles. The number of nitrogen functional groups attached to an aromatic ring is 1. The summed E-state index contributed by atoms with van der Waals surface area (Å²) in [4.78, 5) is 9.00. The zero-order valence-electron chi connectivity index (χ0n) is 18.3. The molecule has 3 rings (SSSR count). The molecule has 1 aromatic carbocycles. The van der Waals surface area contributed by atoms with Crippen molar-refractivity contribution >= 4 is 39.9 Å². The average Bonchev–Trinajstić information content (AvgIpc) is 3.10. The highest BCUT2D eigenvalue weighted by Crippen LogP contribution is 2.23. The van der Waals surface area contributed by atoms with Gasteiger partial charge in [-0.15, -0.1) is 0 Å². The van der Waals surface area contributed by atoms with Gasteiger partial charge in [-0.25, -0.2) is 9.97 Å². The van der Waals surface area contributed by atoms with Crippen molar-refractivity contribution in [3.63, 3.8) is 0 Å². The molecule has 0 atom stereocenters. The van der Waals surface area contributed by atoms with Crippen LogP contribution in [0.4, 0.5) is 11.5 Å². The van der Waals surface area contributed by atoms with Crippen molar-refractivity contribution in [1.82, 2.24) is 19.9 Å². The minimum Gasteiger partial charge on any atom is -0.497 e. The summed E-state index contributed by atoms with van der Waals surface area (Å²) in [6.45, 7) is 6.61. The van der Waals surface area contributed by atoms with E-state index in [2.05, 4.69) is 25.2 Å². The highest BCUT2D eigenvalue weighted by molar-refractivity contribution is 7.80. The van der Waals surface area contributed by atoms with E-state index in [0.29, 0.717) is 24.1 Å². The van der Waals surface area contributed by atoms with Gasteiger partial charge in [0.2, 0.25) is 0 Å². The molecule has 0 radical (unpaired) electrons. The number of fused-ring (bicyclic) bond motifs is 1. The summed E-state index contributed by atoms with van der Waals surface area (Å²) in [6.07, 6.45) is 1.92. The zero-order chi connectivity index (χ0) is 22.2. The first-order valence-corrected chi connectivity index (χ1v) is 10.8. The third-order valence-corrected chi connectivity index (χ3v) is 5.09. The number of methoxy groups -OCH3 is 1. The van der Waals surface area contributed by atoms with Crippen molar-refractivity contribution in [2.75, 3.05) is 31.3 Å². The topological polar surface area (TPSA) is 99.3 Å². The van der Waals surface area contributed by atoms with Gasteiger partial charge >= 0.3 is 0 Å². The fourth-order valence-corrected chi connectivity index (χ4v) is 3.54. The molecular weight excluding hydrogens is 412 g/mol. The van der Waals surface area contributed by atoms with Crippen molar-refractivity contribution in [2.45, 2.75) is 39.8 Å². The third-order valence-electron chi connectivity index (χ3n) is 4.85. The number of unbranched alkanes of at least 4 members (excludes halogenated alkanes) is 1. The van der Waals surface area contributed by atoms with Crippen molar-refractivity contribution in [3.05, 3.63) is 41.9 Å². The van der Waals surface area contributed by atoms with Crippen LogP contribution in [0.3, 0.4) is 0 Å². The van der Waals surface area contributed by atoms with Crippen molar-refractivity contribution in [2.24, 2.45) is 0 Å². The van der Waals surface area contributed by atoms with Crippen LogP contribution in [-0.2, 0) is 17.9 Å². The molecule has 3 aromatic rings. The normalized spacial score (nSPS) is 10.9. The van der Waals surface area contributed by atoms with Crippen LogP contribution < -0.4 is 21.1 Å². The van der Waals surface area contributed by atoms with Gasteiger partial charge in [0.15, 0.2) is 10.9 Å². The van der Waals surface area contributed by atoms with Crippen LogP contribution in [0, 0.1) is 6.92 Å². The van der Waals surface area contributed by atoms with Gasteiger partial charge in [0.05, 0.1) is 12.6 Å². The van der Waals surface area contributed by atoms with E-state index in [1.54, 1.807) is 7.11 Å². The Morgan fingerprint density at radius 2 is 1.97 bits per heavy atom. The predicted molar refractivity (Wildman–Crippen MR) is 128 cm³/mol. The number of rotatable bonds is 10. The third kappa shape index (κ3) is 6.05. The number of benzene rings is 1. The van der Waals surface area contributed by atoms with E-state index < -0.39 is 0 Å². The number of pyridine rings is 1. The van der Waals surface area contributed by atoms with Gasteiger partial charge in [0.25, 0.3) is 0 Å². The molecule has 0 aliphatic rings. The van der Waals surface area contributed by atoms with Crippen molar-refractivity contribution < 1.29 is 9.47 Å². The van der Waals surface area contributed by atoms with Crippen LogP contribution in [0.1, 0.15) is 31.3 Å². The lowest BCUT2D eigenvalue weighted by Crippen LogP contribution is -2.29. The predicted octanol–water partition coefficient (Wildman–Crippen LogP) is 3.63. The summed E-state index contributed by atoms with van der Waals surface area (Å²) in [5.74, 6) is 2.15. The van der Waals surface area contributed by atoms with Crippen LogP contribution in [0.15, 0.2) is 30.3 Å². The fraction of sp³-hybridized carbons (Fsp3) is 0.409. The largest absolute Gasteiger partial charge is 0.497 e. The molecule has 2 aromatic heterocycles. The van der Waals surface area contributed by atoms with E-state index in [1.807, 2.05) is 44.2 Å². The van der Waals surface area contributed by atoms with E-state index >= 15 is 0 Å². The molecular formula is C22H30N6O2S. The van der Waals surface area contributed by atoms with E-state index in [1.165, 1.54) is 0 Å². The Bertz CT molecular complexity index is 1020. The van der Waals surface area contributed by atoms with Crippen LogP contribution in [-0.4, -0.2) is 39.9 Å². The van der Waals surface area contributed by atoms with Crippen LogP contribution >= 0.6 is 12.2 Å². The Morgan fingerprint density at radius 3 is 2.68 bits per heavy atom. The molecule has 0 saturated heterocycles. The maximum Gasteiger partial charge on any atom is 0.170 e. The number of ether oxygens (including phenoxy) is 2. The lowest BCUT2D eigenvalue weighted by molar-refractivity contribution is 0.126. The summed E-state index contributed by atoms with van der Waals surface area (Å²) in [5, 5.41) is 7.03. The van der Waals surface area contributed by atoms with E-state index in [9.17, 15) is 0 Å². The monoisotopic (exact) mass is 442 g/mol. The van der Waals surface area contributed by atoms with Crippen LogP contribution in [0.25, 0.3) is 11.0 Å². The first-order valence-electron chi connectivity index (χ1n) is 10.4. The number of nitrogens with two attached hydrogens (primary N) is 1. The Balaban J connectivity index is 1.53. The Morgan fingerprint density at radius 1 is 1.19 bits per heavy atom. The summed E-state index contributed by atoms with van der Waals surface area (Å²) < 4.78 is 12.9. The van der Waals surface area contributed by atoms with Gasteiger partial charge < -0.3 is 30.4 Å². The molecule has 8 nitrogen and oxygen atoms in total. The standard InChI is InChI=1S/C22H30N6O2S/c1-4-30-14-19-27-20-18(13-15(2)25-21(20)23)28(19)12-6-5-11-24-22(31)26-16-7-9-17(29-3)10-8-16/h7-10,13H,4-6,11-12,14H2,1-3H3,(H2,23,25)(H2,24,26,31). The number of hydrogen-bond donors (Lipinski definition) is 3. The Labute approximate surface area is 188 Å². The second kappa shape index (κ2) is 10.9. The van der Waals surface area contributed by atoms with Crippen LogP contribution in [0.5, 0.6) is 5.75 Å². The lowest BCUT2D eigenvalue weighted by atomic mass is 10.2. The van der Waals surface area contributed by atoms with Gasteiger partial charge in [-0.2, -0.15) is 0 Å². The molecule has 2 heterocycles. The highest BCUT2D eigenvalue weighted by Gasteiger charge is 2.14. The van der Waals surface area contributed by atoms with Gasteiger partial charge in [0.1, 0.15) is 23.7 Å². The molecule has 166 valence electrons. The summed E-state index contributed by atoms with van der Waals surface area (Å²) in [6, 6.07) is 9.67. The average molecular weight is 443 g/mol. The molecule has 0 unspecified atom stereocenters. The second-order valence-electron chi connectivity index (χ2n) is 7.15. The van der Waals surface area contributed by atoms with Crippen molar-refractivity contribution in [1.29, 1.82) is 0 Å². The van der Waals surface area contributed by atoms with Crippen molar-refractivity contribution in [3.8, 4) is 5.75 Å². The molecule has 4 N–H and O–H groups in total. The minimum absolute atomic E-state index is 0.456. The summed E-state index contributed by atoms with van der Waals surface area (Å²) in [5.41, 5.74) is 9.64. The van der Waals surface area contributed by atoms with Gasteiger partial charge in [-0.1, -0.05) is 0 Å². The minimum atomic E-state index is 0.456. The SMILES string of the molecule is CCOCc1nc2c(N)nc(C)cc2n1CCCCNC(=S)Nc1ccc(OC)cc1. The second-order valence-corrected chi connectivity index (χ2v) is 7.56. The van der Waals surface area contributed by atoms with Gasteiger partial charge in [0, 0.05) is 31.1 Å². The Kier molecular flexibility index (Phi) is 8.02. The number of hydrogen-bond acceptors (Lipinski definition) is 6. The zero-order valence-corrected chi connectivity index (χ0v) is 19.1. The molecule has 0 bridgehead atoms. The molecule has 9 heteroatoms. The smallest absolute Gasteiger partial charge is 0.170 e. The number of imidazole rings is 1. The molecule has 0 spiro atoms. The van der Waals surface area contributed by atoms with Crippen LogP contribution in [0.2, 0.25) is 0 Å². The maximum absolute atomic E-state index is 6.09. The fourth-order valence-electron chi connectivity index (χ4n) is 3.32. The van der Waals surface area contributed by atoms with Gasteiger partial charge in [-0.05, 0) is 69.2 Å². The van der Waals surface area contributed by atoms with E-state index in [-0.39, 0.29) is 0 Å². The Hall–Kier alpha value is -2.91. The number of nitrogens with zero attached hydrogens (tertiary/aromatic N) is 3. The maximum atomic E-state index is 6.09. The number of thiocarbonyl (C=S) groups is 1. The van der Waals surface area contributed by atoms with Gasteiger partial charge in [-0.3, -0.25) is 0 Å². The molecule has 0 fully saturated rings. The molecule has 0 saturated carbocycles. The molecule has 0 aliphatic carbocycles. The number of anilines is 2. The quantitative estimate of drug-likeness (QED) is 0.323.